The van der Waals surface area contributed by atoms with Gasteiger partial charge in [-0.05, 0) is 58.2 Å². The summed E-state index contributed by atoms with van der Waals surface area (Å²) in [6, 6.07) is 7.48. The molecule has 0 unspecified atom stereocenters. The van der Waals surface area contributed by atoms with Crippen molar-refractivity contribution in [2.75, 3.05) is 4.90 Å². The van der Waals surface area contributed by atoms with Crippen LogP contribution in [0.15, 0.2) is 34.8 Å². The molecular weight excluding hydrogens is 326 g/mol. The zero-order valence-corrected chi connectivity index (χ0v) is 12.3. The lowest BCUT2D eigenvalue weighted by Gasteiger charge is -2.20. The van der Waals surface area contributed by atoms with Crippen molar-refractivity contribution in [3.63, 3.8) is 0 Å². The molecule has 3 rings (SSSR count). The molecule has 20 heavy (non-hydrogen) atoms. The van der Waals surface area contributed by atoms with Crippen molar-refractivity contribution in [1.29, 1.82) is 5.41 Å². The summed E-state index contributed by atoms with van der Waals surface area (Å²) in [5.74, 6) is -0.543. The summed E-state index contributed by atoms with van der Waals surface area (Å²) in [4.78, 5) is 1.69. The van der Waals surface area contributed by atoms with Crippen LogP contribution in [-0.2, 0) is 6.54 Å². The van der Waals surface area contributed by atoms with Crippen LogP contribution in [0.4, 0.5) is 14.5 Å². The molecule has 0 spiro atoms. The van der Waals surface area contributed by atoms with Gasteiger partial charge in [-0.1, -0.05) is 6.07 Å². The van der Waals surface area contributed by atoms with Crippen LogP contribution in [0.3, 0.4) is 0 Å². The van der Waals surface area contributed by atoms with Gasteiger partial charge >= 0.3 is 0 Å². The van der Waals surface area contributed by atoms with Gasteiger partial charge in [-0.25, -0.2) is 8.78 Å². The van der Waals surface area contributed by atoms with Gasteiger partial charge in [0.05, 0.1) is 11.0 Å². The Balaban J connectivity index is 2.07. The van der Waals surface area contributed by atoms with Crippen molar-refractivity contribution in [3.8, 4) is 0 Å². The van der Waals surface area contributed by atoms with Gasteiger partial charge in [0.2, 0.25) is 0 Å². The molecule has 5 heteroatoms. The van der Waals surface area contributed by atoms with Crippen molar-refractivity contribution < 1.29 is 8.78 Å². The summed E-state index contributed by atoms with van der Waals surface area (Å²) < 4.78 is 27.4. The Morgan fingerprint density at radius 3 is 2.70 bits per heavy atom. The van der Waals surface area contributed by atoms with Crippen LogP contribution in [0.5, 0.6) is 0 Å². The van der Waals surface area contributed by atoms with Gasteiger partial charge in [-0.3, -0.25) is 5.41 Å². The number of rotatable bonds is 1. The molecule has 2 aromatic carbocycles. The normalized spacial score (nSPS) is 13.8. The predicted octanol–water partition coefficient (Wildman–Crippen LogP) is 4.38. The molecule has 0 saturated carbocycles. The first-order valence-corrected chi connectivity index (χ1v) is 6.87. The number of hydrogen-bond acceptors (Lipinski definition) is 1. The fourth-order valence-corrected chi connectivity index (χ4v) is 2.89. The minimum absolute atomic E-state index is 0.198. The molecule has 0 radical (unpaired) electrons. The first-order valence-electron chi connectivity index (χ1n) is 6.08. The summed E-state index contributed by atoms with van der Waals surface area (Å²) in [6.07, 6.45) is 0. The van der Waals surface area contributed by atoms with Gasteiger partial charge in [-0.15, -0.1) is 0 Å². The molecule has 2 nitrogen and oxygen atoms in total. The number of halogens is 3. The van der Waals surface area contributed by atoms with E-state index in [1.165, 1.54) is 18.2 Å². The van der Waals surface area contributed by atoms with E-state index in [2.05, 4.69) is 15.9 Å². The van der Waals surface area contributed by atoms with Crippen LogP contribution in [0.2, 0.25) is 0 Å². The van der Waals surface area contributed by atoms with E-state index in [0.29, 0.717) is 22.3 Å². The molecular formula is C15H11BrF2N2. The Morgan fingerprint density at radius 2 is 1.95 bits per heavy atom. The summed E-state index contributed by atoms with van der Waals surface area (Å²) in [5, 5.41) is 8.17. The van der Waals surface area contributed by atoms with E-state index in [9.17, 15) is 8.78 Å². The van der Waals surface area contributed by atoms with E-state index in [1.807, 2.05) is 6.92 Å². The van der Waals surface area contributed by atoms with Crippen LogP contribution in [-0.4, -0.2) is 5.84 Å². The SMILES string of the molecule is Cc1cc(Br)c(F)cc1N1Cc2ccc(F)cc2C1=N. The topological polar surface area (TPSA) is 27.1 Å². The lowest BCUT2D eigenvalue weighted by Crippen LogP contribution is -2.24. The minimum atomic E-state index is -0.375. The number of anilines is 1. The van der Waals surface area contributed by atoms with Crippen LogP contribution in [0, 0.1) is 24.0 Å². The Labute approximate surface area is 123 Å². The summed E-state index contributed by atoms with van der Waals surface area (Å²) in [6.45, 7) is 2.31. The highest BCUT2D eigenvalue weighted by molar-refractivity contribution is 9.10. The van der Waals surface area contributed by atoms with E-state index in [0.717, 1.165) is 11.1 Å². The number of hydrogen-bond donors (Lipinski definition) is 1. The Hall–Kier alpha value is -1.75. The van der Waals surface area contributed by atoms with E-state index in [4.69, 9.17) is 5.41 Å². The van der Waals surface area contributed by atoms with Gasteiger partial charge in [0.25, 0.3) is 0 Å². The number of amidine groups is 1. The first-order chi connectivity index (χ1) is 9.47. The molecule has 2 aromatic rings. The largest absolute Gasteiger partial charge is 0.322 e. The maximum absolute atomic E-state index is 13.7. The fourth-order valence-electron chi connectivity index (χ4n) is 2.43. The molecule has 0 bridgehead atoms. The van der Waals surface area contributed by atoms with Gasteiger partial charge < -0.3 is 4.90 Å². The monoisotopic (exact) mass is 336 g/mol. The van der Waals surface area contributed by atoms with Crippen LogP contribution >= 0.6 is 15.9 Å². The maximum atomic E-state index is 13.7. The van der Waals surface area contributed by atoms with Crippen molar-refractivity contribution in [1.82, 2.24) is 0 Å². The summed E-state index contributed by atoms with van der Waals surface area (Å²) in [7, 11) is 0. The predicted molar refractivity (Wildman–Crippen MR) is 78.2 cm³/mol. The summed E-state index contributed by atoms with van der Waals surface area (Å²) >= 11 is 3.14. The molecule has 0 aliphatic carbocycles. The van der Waals surface area contributed by atoms with E-state index >= 15 is 0 Å². The standard InChI is InChI=1S/C15H11BrF2N2/c1-8-4-12(16)13(18)6-14(8)20-7-9-2-3-10(17)5-11(9)15(20)19/h2-6,19H,7H2,1H3. The van der Waals surface area contributed by atoms with Gasteiger partial charge in [0.1, 0.15) is 17.5 Å². The number of nitrogens with zero attached hydrogens (tertiary/aromatic N) is 1. The highest BCUT2D eigenvalue weighted by Crippen LogP contribution is 2.33. The quantitative estimate of drug-likeness (QED) is 0.821. The van der Waals surface area contributed by atoms with Crippen molar-refractivity contribution in [2.45, 2.75) is 13.5 Å². The molecule has 1 aliphatic heterocycles. The molecule has 0 fully saturated rings. The zero-order valence-electron chi connectivity index (χ0n) is 10.7. The lowest BCUT2D eigenvalue weighted by molar-refractivity contribution is 0.620. The second-order valence-electron chi connectivity index (χ2n) is 4.79. The van der Waals surface area contributed by atoms with Gasteiger partial charge in [0.15, 0.2) is 0 Å². The Bertz CT molecular complexity index is 728. The Morgan fingerprint density at radius 1 is 1.20 bits per heavy atom. The molecule has 0 amide bonds. The number of aryl methyl sites for hydroxylation is 1. The smallest absolute Gasteiger partial charge is 0.139 e. The van der Waals surface area contributed by atoms with E-state index in [1.54, 1.807) is 17.0 Å². The third-order valence-electron chi connectivity index (χ3n) is 3.46. The molecule has 0 atom stereocenters. The van der Waals surface area contributed by atoms with Crippen molar-refractivity contribution >= 4 is 27.5 Å². The third-order valence-corrected chi connectivity index (χ3v) is 4.06. The first kappa shape index (κ1) is 13.2. The van der Waals surface area contributed by atoms with Crippen molar-refractivity contribution in [2.24, 2.45) is 0 Å². The van der Waals surface area contributed by atoms with Crippen LogP contribution < -0.4 is 4.90 Å². The highest BCUT2D eigenvalue weighted by Gasteiger charge is 2.27. The number of fused-ring (bicyclic) bond motifs is 1. The van der Waals surface area contributed by atoms with Crippen LogP contribution in [0.25, 0.3) is 0 Å². The third kappa shape index (κ3) is 2.02. The number of nitrogens with one attached hydrogen (secondary N) is 1. The maximum Gasteiger partial charge on any atom is 0.139 e. The van der Waals surface area contributed by atoms with Gasteiger partial charge in [0, 0.05) is 11.3 Å². The van der Waals surface area contributed by atoms with E-state index in [-0.39, 0.29) is 17.5 Å². The fraction of sp³-hybridized carbons (Fsp3) is 0.133. The second-order valence-corrected chi connectivity index (χ2v) is 5.64. The van der Waals surface area contributed by atoms with Crippen LogP contribution in [0.1, 0.15) is 16.7 Å². The van der Waals surface area contributed by atoms with Gasteiger partial charge in [-0.2, -0.15) is 0 Å². The average Bonchev–Trinajstić information content (AvgIpc) is 2.71. The van der Waals surface area contributed by atoms with E-state index < -0.39 is 0 Å². The molecule has 1 N–H and O–H groups in total. The molecule has 0 aromatic heterocycles. The average molecular weight is 337 g/mol. The molecule has 1 aliphatic rings. The number of benzene rings is 2. The highest BCUT2D eigenvalue weighted by atomic mass is 79.9. The Kier molecular flexibility index (Phi) is 3.09. The van der Waals surface area contributed by atoms with Crippen molar-refractivity contribution in [3.05, 3.63) is 63.1 Å². The zero-order chi connectivity index (χ0) is 14.4. The minimum Gasteiger partial charge on any atom is -0.322 e. The molecule has 1 heterocycles. The second kappa shape index (κ2) is 4.66. The molecule has 102 valence electrons. The lowest BCUT2D eigenvalue weighted by atomic mass is 10.1. The summed E-state index contributed by atoms with van der Waals surface area (Å²) in [5.41, 5.74) is 2.93. The molecule has 0 saturated heterocycles.